The van der Waals surface area contributed by atoms with E-state index in [0.29, 0.717) is 16.5 Å². The molecule has 0 radical (unpaired) electrons. The molecule has 0 aromatic heterocycles. The van der Waals surface area contributed by atoms with Crippen LogP contribution in [-0.4, -0.2) is 23.2 Å². The lowest BCUT2D eigenvalue weighted by atomic mass is 9.75. The number of hydrogen-bond acceptors (Lipinski definition) is 3. The number of aliphatic hydroxyl groups is 1. The fraction of sp³-hybridized carbons (Fsp3) is 0.417. The molecule has 0 bridgehead atoms. The van der Waals surface area contributed by atoms with Gasteiger partial charge in [0.15, 0.2) is 5.78 Å². The van der Waals surface area contributed by atoms with Crippen LogP contribution in [0.15, 0.2) is 42.5 Å². The van der Waals surface area contributed by atoms with Crippen molar-refractivity contribution in [2.45, 2.75) is 57.8 Å². The summed E-state index contributed by atoms with van der Waals surface area (Å²) < 4.78 is 0. The Labute approximate surface area is 183 Å². The molecule has 3 nitrogen and oxygen atoms in total. The lowest BCUT2D eigenvalue weighted by molar-refractivity contribution is -0.112. The fourth-order valence-electron chi connectivity index (χ4n) is 3.36. The Morgan fingerprint density at radius 3 is 2.07 bits per heavy atom. The van der Waals surface area contributed by atoms with Crippen molar-refractivity contribution in [3.8, 4) is 0 Å². The molecule has 2 N–H and O–H groups in total. The number of hydrogen-bond donors (Lipinski definition) is 2. The summed E-state index contributed by atoms with van der Waals surface area (Å²) in [5.41, 5.74) is 2.48. The molecule has 0 aliphatic rings. The maximum Gasteiger partial charge on any atom is 0.180 e. The molecule has 29 heavy (non-hydrogen) atoms. The van der Waals surface area contributed by atoms with Crippen LogP contribution in [0.2, 0.25) is 10.0 Å². The zero-order chi connectivity index (χ0) is 21.8. The molecule has 0 fully saturated rings. The van der Waals surface area contributed by atoms with Crippen molar-refractivity contribution < 1.29 is 9.90 Å². The van der Waals surface area contributed by atoms with Gasteiger partial charge < -0.3 is 10.5 Å². The largest absolute Gasteiger partial charge is 0.396 e. The highest BCUT2D eigenvalue weighted by molar-refractivity contribution is 6.42. The van der Waals surface area contributed by atoms with Crippen molar-refractivity contribution in [1.82, 2.24) is 0 Å². The Morgan fingerprint density at radius 2 is 1.55 bits per heavy atom. The molecular formula is C24H29Cl2NO2. The number of halogens is 2. The van der Waals surface area contributed by atoms with Gasteiger partial charge in [0.1, 0.15) is 0 Å². The Bertz CT molecular complexity index is 885. The summed E-state index contributed by atoms with van der Waals surface area (Å²) in [5, 5.41) is 18.8. The molecule has 0 amide bonds. The SMILES string of the molecule is CC(C)(C)c1ccc(CC(=O)C(=N)CC(C)(CCO)c2ccc(Cl)c(Cl)c2)cc1. The molecular weight excluding hydrogens is 405 g/mol. The van der Waals surface area contributed by atoms with Crippen LogP contribution in [0.1, 0.15) is 57.2 Å². The third-order valence-electron chi connectivity index (χ3n) is 5.37. The van der Waals surface area contributed by atoms with E-state index in [1.54, 1.807) is 12.1 Å². The summed E-state index contributed by atoms with van der Waals surface area (Å²) in [6, 6.07) is 13.3. The van der Waals surface area contributed by atoms with Gasteiger partial charge in [-0.1, -0.05) is 81.2 Å². The number of rotatable bonds is 8. The average molecular weight is 434 g/mol. The van der Waals surface area contributed by atoms with Gasteiger partial charge in [0.05, 0.1) is 15.8 Å². The normalized spacial score (nSPS) is 13.8. The van der Waals surface area contributed by atoms with Crippen molar-refractivity contribution in [1.29, 1.82) is 5.41 Å². The van der Waals surface area contributed by atoms with Gasteiger partial charge in [0.25, 0.3) is 0 Å². The van der Waals surface area contributed by atoms with E-state index in [0.717, 1.165) is 11.1 Å². The maximum atomic E-state index is 12.7. The number of ketones is 1. The van der Waals surface area contributed by atoms with Gasteiger partial charge in [-0.2, -0.15) is 0 Å². The first kappa shape index (κ1) is 23.6. The molecule has 2 aromatic carbocycles. The number of aliphatic hydroxyl groups excluding tert-OH is 1. The first-order valence-electron chi connectivity index (χ1n) is 9.73. The van der Waals surface area contributed by atoms with E-state index in [-0.39, 0.29) is 36.4 Å². The summed E-state index contributed by atoms with van der Waals surface area (Å²) in [7, 11) is 0. The molecule has 1 unspecified atom stereocenters. The number of carbonyl (C=O) groups excluding carboxylic acids is 1. The van der Waals surface area contributed by atoms with Gasteiger partial charge in [0, 0.05) is 24.9 Å². The van der Waals surface area contributed by atoms with E-state index >= 15 is 0 Å². The molecule has 2 aromatic rings. The first-order chi connectivity index (χ1) is 13.5. The van der Waals surface area contributed by atoms with Gasteiger partial charge in [-0.05, 0) is 40.7 Å². The second-order valence-electron chi connectivity index (χ2n) is 8.87. The number of nitrogens with one attached hydrogen (secondary N) is 1. The molecule has 2 rings (SSSR count). The van der Waals surface area contributed by atoms with E-state index < -0.39 is 5.41 Å². The number of carbonyl (C=O) groups is 1. The highest BCUT2D eigenvalue weighted by Crippen LogP contribution is 2.35. The highest BCUT2D eigenvalue weighted by Gasteiger charge is 2.30. The molecule has 1 atom stereocenters. The molecule has 0 saturated heterocycles. The van der Waals surface area contributed by atoms with E-state index in [9.17, 15) is 9.90 Å². The zero-order valence-electron chi connectivity index (χ0n) is 17.5. The lowest BCUT2D eigenvalue weighted by Crippen LogP contribution is -2.30. The van der Waals surface area contributed by atoms with Crippen molar-refractivity contribution in [3.05, 3.63) is 69.2 Å². The molecule has 0 saturated carbocycles. The van der Waals surface area contributed by atoms with E-state index in [1.165, 1.54) is 5.56 Å². The van der Waals surface area contributed by atoms with E-state index in [4.69, 9.17) is 28.6 Å². The van der Waals surface area contributed by atoms with Gasteiger partial charge in [-0.25, -0.2) is 0 Å². The topological polar surface area (TPSA) is 61.2 Å². The molecule has 0 heterocycles. The van der Waals surface area contributed by atoms with Crippen molar-refractivity contribution >= 4 is 34.7 Å². The number of Topliss-reactive ketones (excluding diaryl/α,β-unsaturated/α-hetero) is 1. The summed E-state index contributed by atoms with van der Waals surface area (Å²) in [5.74, 6) is -0.210. The van der Waals surface area contributed by atoms with Crippen LogP contribution in [0.5, 0.6) is 0 Å². The van der Waals surface area contributed by atoms with Gasteiger partial charge in [-0.15, -0.1) is 0 Å². The van der Waals surface area contributed by atoms with Crippen LogP contribution in [0, 0.1) is 5.41 Å². The number of benzene rings is 2. The minimum absolute atomic E-state index is 0.0481. The summed E-state index contributed by atoms with van der Waals surface area (Å²) >= 11 is 12.2. The van der Waals surface area contributed by atoms with Gasteiger partial charge >= 0.3 is 0 Å². The Kier molecular flexibility index (Phi) is 7.67. The summed E-state index contributed by atoms with van der Waals surface area (Å²) in [6.07, 6.45) is 0.838. The van der Waals surface area contributed by atoms with Gasteiger partial charge in [0.2, 0.25) is 0 Å². The Hall–Kier alpha value is -1.68. The van der Waals surface area contributed by atoms with Crippen molar-refractivity contribution in [2.24, 2.45) is 0 Å². The zero-order valence-corrected chi connectivity index (χ0v) is 19.0. The van der Waals surface area contributed by atoms with Gasteiger partial charge in [-0.3, -0.25) is 4.79 Å². The molecule has 5 heteroatoms. The fourth-order valence-corrected chi connectivity index (χ4v) is 3.65. The molecule has 156 valence electrons. The summed E-state index contributed by atoms with van der Waals surface area (Å²) in [4.78, 5) is 12.7. The Balaban J connectivity index is 2.14. The third-order valence-corrected chi connectivity index (χ3v) is 6.11. The van der Waals surface area contributed by atoms with E-state index in [1.807, 2.05) is 37.3 Å². The summed E-state index contributed by atoms with van der Waals surface area (Å²) in [6.45, 7) is 8.32. The van der Waals surface area contributed by atoms with E-state index in [2.05, 4.69) is 20.8 Å². The monoisotopic (exact) mass is 433 g/mol. The minimum Gasteiger partial charge on any atom is -0.396 e. The standard InChI is InChI=1S/C24H29Cl2NO2/c1-23(2,3)17-7-5-16(6-8-17)13-22(29)21(27)15-24(4,11-12-28)18-9-10-19(25)20(26)14-18/h5-10,14,27-28H,11-13,15H2,1-4H3. The van der Waals surface area contributed by atoms with Crippen LogP contribution in [0.3, 0.4) is 0 Å². The van der Waals surface area contributed by atoms with Crippen molar-refractivity contribution in [2.75, 3.05) is 6.61 Å². The van der Waals surface area contributed by atoms with Crippen LogP contribution < -0.4 is 0 Å². The lowest BCUT2D eigenvalue weighted by Gasteiger charge is -2.30. The highest BCUT2D eigenvalue weighted by atomic mass is 35.5. The predicted octanol–water partition coefficient (Wildman–Crippen LogP) is 6.15. The third kappa shape index (κ3) is 6.15. The Morgan fingerprint density at radius 1 is 0.966 bits per heavy atom. The quantitative estimate of drug-likeness (QED) is 0.490. The second kappa shape index (κ2) is 9.42. The van der Waals surface area contributed by atoms with Crippen LogP contribution >= 0.6 is 23.2 Å². The molecule has 0 aliphatic heterocycles. The minimum atomic E-state index is -0.578. The second-order valence-corrected chi connectivity index (χ2v) is 9.68. The van der Waals surface area contributed by atoms with Crippen LogP contribution in [0.25, 0.3) is 0 Å². The predicted molar refractivity (Wildman–Crippen MR) is 122 cm³/mol. The van der Waals surface area contributed by atoms with Crippen molar-refractivity contribution in [3.63, 3.8) is 0 Å². The van der Waals surface area contributed by atoms with Crippen LogP contribution in [0.4, 0.5) is 0 Å². The molecule has 0 aliphatic carbocycles. The average Bonchev–Trinajstić information content (AvgIpc) is 2.63. The van der Waals surface area contributed by atoms with Crippen LogP contribution in [-0.2, 0) is 22.0 Å². The first-order valence-corrected chi connectivity index (χ1v) is 10.5. The maximum absolute atomic E-state index is 12.7. The molecule has 0 spiro atoms. The smallest absolute Gasteiger partial charge is 0.180 e.